The lowest BCUT2D eigenvalue weighted by Crippen LogP contribution is -2.24. The van der Waals surface area contributed by atoms with Gasteiger partial charge in [0.15, 0.2) is 0 Å². The van der Waals surface area contributed by atoms with E-state index in [4.69, 9.17) is 5.73 Å². The molecule has 2 aliphatic rings. The molecule has 0 amide bonds. The minimum atomic E-state index is -4.39. The van der Waals surface area contributed by atoms with Gasteiger partial charge in [0.1, 0.15) is 0 Å². The smallest absolute Gasteiger partial charge is 0.398 e. The summed E-state index contributed by atoms with van der Waals surface area (Å²) in [6.07, 6.45) is 0.367. The van der Waals surface area contributed by atoms with Crippen LogP contribution in [0.25, 0.3) is 0 Å². The Labute approximate surface area is 110 Å². The molecule has 0 radical (unpaired) electrons. The fourth-order valence-corrected chi connectivity index (χ4v) is 2.62. The summed E-state index contributed by atoms with van der Waals surface area (Å²) in [5.74, 6) is 1.28. The zero-order valence-electron chi connectivity index (χ0n) is 10.5. The molecule has 0 aliphatic heterocycles. The molecule has 5 heteroatoms. The highest BCUT2D eigenvalue weighted by Crippen LogP contribution is 2.46. The standard InChI is InChI=1S/C14H17F3N2/c15-14(16,17)11-7-10(5-6-12(11)18)19-13(8-1-2-8)9-3-4-9/h5-9,13,19H,1-4,18H2. The summed E-state index contributed by atoms with van der Waals surface area (Å²) < 4.78 is 38.4. The van der Waals surface area contributed by atoms with E-state index in [9.17, 15) is 13.2 Å². The fraction of sp³-hybridized carbons (Fsp3) is 0.571. The van der Waals surface area contributed by atoms with Crippen LogP contribution in [-0.2, 0) is 6.18 Å². The van der Waals surface area contributed by atoms with Gasteiger partial charge in [0.2, 0.25) is 0 Å². The number of nitrogen functional groups attached to an aromatic ring is 1. The van der Waals surface area contributed by atoms with Crippen molar-refractivity contribution in [3.05, 3.63) is 23.8 Å². The van der Waals surface area contributed by atoms with Crippen molar-refractivity contribution in [3.8, 4) is 0 Å². The average molecular weight is 270 g/mol. The zero-order valence-corrected chi connectivity index (χ0v) is 10.5. The van der Waals surface area contributed by atoms with Crippen molar-refractivity contribution in [2.45, 2.75) is 37.9 Å². The number of nitrogens with one attached hydrogen (secondary N) is 1. The Hall–Kier alpha value is -1.39. The summed E-state index contributed by atoms with van der Waals surface area (Å²) in [4.78, 5) is 0. The van der Waals surface area contributed by atoms with E-state index >= 15 is 0 Å². The van der Waals surface area contributed by atoms with Crippen molar-refractivity contribution >= 4 is 11.4 Å². The van der Waals surface area contributed by atoms with E-state index in [1.54, 1.807) is 6.07 Å². The quantitative estimate of drug-likeness (QED) is 0.815. The highest BCUT2D eigenvalue weighted by molar-refractivity contribution is 5.59. The first-order valence-electron chi connectivity index (χ1n) is 6.68. The van der Waals surface area contributed by atoms with E-state index in [0.717, 1.165) is 6.07 Å². The van der Waals surface area contributed by atoms with E-state index in [2.05, 4.69) is 5.32 Å². The van der Waals surface area contributed by atoms with Crippen LogP contribution in [0.2, 0.25) is 0 Å². The topological polar surface area (TPSA) is 38.0 Å². The highest BCUT2D eigenvalue weighted by Gasteiger charge is 2.41. The van der Waals surface area contributed by atoms with E-state index in [0.29, 0.717) is 23.6 Å². The van der Waals surface area contributed by atoms with E-state index in [-0.39, 0.29) is 5.69 Å². The third kappa shape index (κ3) is 2.80. The second-order valence-corrected chi connectivity index (χ2v) is 5.64. The Morgan fingerprint density at radius 1 is 1.11 bits per heavy atom. The number of alkyl halides is 3. The lowest BCUT2D eigenvalue weighted by Gasteiger charge is -2.20. The van der Waals surface area contributed by atoms with E-state index < -0.39 is 11.7 Å². The molecule has 0 aromatic heterocycles. The van der Waals surface area contributed by atoms with E-state index in [1.165, 1.54) is 31.7 Å². The Morgan fingerprint density at radius 3 is 2.16 bits per heavy atom. The number of nitrogens with two attached hydrogens (primary N) is 1. The average Bonchev–Trinajstić information content (AvgIpc) is 3.19. The summed E-state index contributed by atoms with van der Waals surface area (Å²) in [5.41, 5.74) is 4.97. The molecule has 3 N–H and O–H groups in total. The van der Waals surface area contributed by atoms with Gasteiger partial charge in [0.05, 0.1) is 5.56 Å². The van der Waals surface area contributed by atoms with Crippen LogP contribution in [0.1, 0.15) is 31.2 Å². The number of halogens is 3. The number of hydrogen-bond donors (Lipinski definition) is 2. The van der Waals surface area contributed by atoms with Gasteiger partial charge in [0.25, 0.3) is 0 Å². The van der Waals surface area contributed by atoms with Gasteiger partial charge in [-0.25, -0.2) is 0 Å². The molecule has 0 spiro atoms. The molecule has 104 valence electrons. The second-order valence-electron chi connectivity index (χ2n) is 5.64. The monoisotopic (exact) mass is 270 g/mol. The summed E-state index contributed by atoms with van der Waals surface area (Å²) in [6.45, 7) is 0. The molecule has 0 atom stereocenters. The van der Waals surface area contributed by atoms with Crippen LogP contribution < -0.4 is 11.1 Å². The van der Waals surface area contributed by atoms with Gasteiger partial charge in [0, 0.05) is 17.4 Å². The molecule has 1 aromatic carbocycles. The minimum Gasteiger partial charge on any atom is -0.398 e. The van der Waals surface area contributed by atoms with Crippen LogP contribution in [0.15, 0.2) is 18.2 Å². The second kappa shape index (κ2) is 4.32. The van der Waals surface area contributed by atoms with Gasteiger partial charge in [-0.15, -0.1) is 0 Å². The Balaban J connectivity index is 1.80. The predicted octanol–water partition coefficient (Wildman–Crippen LogP) is 3.89. The lowest BCUT2D eigenvalue weighted by atomic mass is 10.1. The van der Waals surface area contributed by atoms with Gasteiger partial charge >= 0.3 is 6.18 Å². The molecule has 2 nitrogen and oxygen atoms in total. The van der Waals surface area contributed by atoms with Crippen molar-refractivity contribution in [2.24, 2.45) is 11.8 Å². The van der Waals surface area contributed by atoms with Crippen LogP contribution in [0.3, 0.4) is 0 Å². The van der Waals surface area contributed by atoms with Crippen LogP contribution >= 0.6 is 0 Å². The molecule has 3 rings (SSSR count). The van der Waals surface area contributed by atoms with Gasteiger partial charge in [-0.05, 0) is 55.7 Å². The molecule has 1 aromatic rings. The first kappa shape index (κ1) is 12.6. The van der Waals surface area contributed by atoms with E-state index in [1.807, 2.05) is 0 Å². The normalized spacial score (nSPS) is 19.8. The highest BCUT2D eigenvalue weighted by atomic mass is 19.4. The maximum absolute atomic E-state index is 12.8. The van der Waals surface area contributed by atoms with Crippen molar-refractivity contribution in [2.75, 3.05) is 11.1 Å². The van der Waals surface area contributed by atoms with Crippen molar-refractivity contribution in [1.82, 2.24) is 0 Å². The third-order valence-electron chi connectivity index (χ3n) is 3.95. The number of hydrogen-bond acceptors (Lipinski definition) is 2. The fourth-order valence-electron chi connectivity index (χ4n) is 2.62. The number of benzene rings is 1. The van der Waals surface area contributed by atoms with Gasteiger partial charge in [-0.3, -0.25) is 0 Å². The predicted molar refractivity (Wildman–Crippen MR) is 68.7 cm³/mol. The minimum absolute atomic E-state index is 0.215. The molecule has 19 heavy (non-hydrogen) atoms. The Bertz CT molecular complexity index is 464. The molecular weight excluding hydrogens is 253 g/mol. The zero-order chi connectivity index (χ0) is 13.6. The van der Waals surface area contributed by atoms with Crippen LogP contribution in [-0.4, -0.2) is 6.04 Å². The van der Waals surface area contributed by atoms with Gasteiger partial charge in [-0.1, -0.05) is 0 Å². The number of rotatable bonds is 4. The number of anilines is 2. The Kier molecular flexibility index (Phi) is 2.87. The van der Waals surface area contributed by atoms with Crippen LogP contribution in [0, 0.1) is 11.8 Å². The Morgan fingerprint density at radius 2 is 1.68 bits per heavy atom. The largest absolute Gasteiger partial charge is 0.418 e. The molecular formula is C14H17F3N2. The lowest BCUT2D eigenvalue weighted by molar-refractivity contribution is -0.136. The SMILES string of the molecule is Nc1ccc(NC(C2CC2)C2CC2)cc1C(F)(F)F. The van der Waals surface area contributed by atoms with Crippen molar-refractivity contribution in [3.63, 3.8) is 0 Å². The van der Waals surface area contributed by atoms with Gasteiger partial charge in [-0.2, -0.15) is 13.2 Å². The molecule has 0 heterocycles. The maximum atomic E-state index is 12.8. The summed E-state index contributed by atoms with van der Waals surface area (Å²) in [5, 5.41) is 3.29. The summed E-state index contributed by atoms with van der Waals surface area (Å²) >= 11 is 0. The first-order chi connectivity index (χ1) is 8.95. The first-order valence-corrected chi connectivity index (χ1v) is 6.68. The summed E-state index contributed by atoms with van der Waals surface area (Å²) in [6, 6.07) is 4.45. The van der Waals surface area contributed by atoms with Crippen molar-refractivity contribution in [1.29, 1.82) is 0 Å². The van der Waals surface area contributed by atoms with Crippen LogP contribution in [0.5, 0.6) is 0 Å². The molecule has 0 saturated heterocycles. The molecule has 2 saturated carbocycles. The molecule has 2 aliphatic carbocycles. The summed E-state index contributed by atoms with van der Waals surface area (Å²) in [7, 11) is 0. The molecule has 2 fully saturated rings. The molecule has 0 bridgehead atoms. The van der Waals surface area contributed by atoms with Gasteiger partial charge < -0.3 is 11.1 Å². The maximum Gasteiger partial charge on any atom is 0.418 e. The molecule has 0 unspecified atom stereocenters. The van der Waals surface area contributed by atoms with Crippen molar-refractivity contribution < 1.29 is 13.2 Å². The van der Waals surface area contributed by atoms with Crippen LogP contribution in [0.4, 0.5) is 24.5 Å². The third-order valence-corrected chi connectivity index (χ3v) is 3.95.